The van der Waals surface area contributed by atoms with Crippen LogP contribution in [0.4, 0.5) is 0 Å². The van der Waals surface area contributed by atoms with E-state index in [1.807, 2.05) is 10.5 Å². The molecule has 4 aromatic rings. The number of amides is 1. The molecular weight excluding hydrogens is 444 g/mol. The van der Waals surface area contributed by atoms with Crippen molar-refractivity contribution in [3.8, 4) is 5.69 Å². The Morgan fingerprint density at radius 3 is 2.97 bits per heavy atom. The average molecular weight is 461 g/mol. The maximum atomic E-state index is 13.7. The Bertz CT molecular complexity index is 1380. The number of hydrogen-bond donors (Lipinski definition) is 1. The Balaban J connectivity index is 1.88. The van der Waals surface area contributed by atoms with E-state index in [1.54, 1.807) is 34.1 Å². The van der Waals surface area contributed by atoms with E-state index in [2.05, 4.69) is 22.1 Å². The maximum absolute atomic E-state index is 13.7. The van der Waals surface area contributed by atoms with E-state index in [1.165, 1.54) is 16.6 Å². The molecule has 1 amide bonds. The van der Waals surface area contributed by atoms with Gasteiger partial charge in [-0.3, -0.25) is 9.59 Å². The summed E-state index contributed by atoms with van der Waals surface area (Å²) >= 11 is 8.99. The Labute approximate surface area is 184 Å². The highest BCUT2D eigenvalue weighted by Crippen LogP contribution is 2.35. The number of thiophene rings is 1. The molecule has 0 bridgehead atoms. The van der Waals surface area contributed by atoms with Gasteiger partial charge in [-0.25, -0.2) is 8.97 Å². The lowest BCUT2D eigenvalue weighted by atomic mass is 10.1. The molecule has 0 saturated heterocycles. The van der Waals surface area contributed by atoms with Crippen LogP contribution in [0.1, 0.15) is 10.4 Å². The molecule has 0 aliphatic carbocycles. The number of nitrogens with zero attached hydrogens (tertiary/aromatic N) is 5. The second-order valence-electron chi connectivity index (χ2n) is 7.17. The molecule has 0 atom stereocenters. The van der Waals surface area contributed by atoms with Crippen LogP contribution in [-0.4, -0.2) is 49.3 Å². The van der Waals surface area contributed by atoms with Crippen molar-refractivity contribution in [1.82, 2.24) is 24.1 Å². The maximum Gasteiger partial charge on any atom is 0.268 e. The Hall–Kier alpha value is -2.40. The minimum Gasteiger partial charge on any atom is -0.369 e. The average Bonchev–Trinajstić information content (AvgIpc) is 3.27. The summed E-state index contributed by atoms with van der Waals surface area (Å²) in [5.41, 5.74) is 6.89. The van der Waals surface area contributed by atoms with E-state index < -0.39 is 5.91 Å². The van der Waals surface area contributed by atoms with Gasteiger partial charge in [0, 0.05) is 23.0 Å². The summed E-state index contributed by atoms with van der Waals surface area (Å²) in [6, 6.07) is 7.09. The molecule has 0 unspecified atom stereocenters. The van der Waals surface area contributed by atoms with Crippen LogP contribution in [0.3, 0.4) is 0 Å². The monoisotopic (exact) mass is 460 g/mol. The number of fused-ring (bicyclic) bond motifs is 5. The van der Waals surface area contributed by atoms with E-state index in [4.69, 9.17) is 17.3 Å². The predicted molar refractivity (Wildman–Crippen MR) is 119 cm³/mol. The lowest BCUT2D eigenvalue weighted by Gasteiger charge is -2.21. The van der Waals surface area contributed by atoms with Gasteiger partial charge in [0.2, 0.25) is 11.7 Å². The number of rotatable bonds is 4. The first kappa shape index (κ1) is 19.6. The number of nitrogens with two attached hydrogens (primary N) is 1. The van der Waals surface area contributed by atoms with Crippen molar-refractivity contribution < 1.29 is 4.79 Å². The quantitative estimate of drug-likeness (QED) is 0.469. The van der Waals surface area contributed by atoms with E-state index >= 15 is 0 Å². The van der Waals surface area contributed by atoms with E-state index in [0.29, 0.717) is 27.0 Å². The zero-order chi connectivity index (χ0) is 21.0. The largest absolute Gasteiger partial charge is 0.369 e. The molecule has 4 heterocycles. The van der Waals surface area contributed by atoms with Crippen molar-refractivity contribution in [2.24, 2.45) is 5.73 Å². The fraction of sp³-hybridized carbons (Fsp3) is 0.263. The van der Waals surface area contributed by atoms with Crippen LogP contribution in [0, 0.1) is 0 Å². The number of carbonyl (C=O) groups excluding carboxylic acids is 1. The molecule has 0 fully saturated rings. The third-order valence-corrected chi connectivity index (χ3v) is 7.46. The van der Waals surface area contributed by atoms with E-state index in [9.17, 15) is 9.59 Å². The van der Waals surface area contributed by atoms with Crippen molar-refractivity contribution in [3.05, 3.63) is 50.1 Å². The normalized spacial score (nSPS) is 14.5. The molecule has 1 aromatic carbocycles. The zero-order valence-electron chi connectivity index (χ0n) is 16.0. The Morgan fingerprint density at radius 2 is 2.20 bits per heavy atom. The van der Waals surface area contributed by atoms with Gasteiger partial charge >= 0.3 is 0 Å². The molecule has 30 heavy (non-hydrogen) atoms. The number of carbonyl (C=O) groups is 1. The van der Waals surface area contributed by atoms with Crippen LogP contribution in [0.25, 0.3) is 21.7 Å². The number of primary amides is 1. The Kier molecular flexibility index (Phi) is 4.81. The summed E-state index contributed by atoms with van der Waals surface area (Å²) in [7, 11) is 2.07. The molecule has 0 spiro atoms. The van der Waals surface area contributed by atoms with Crippen LogP contribution in [0.15, 0.2) is 34.2 Å². The Morgan fingerprint density at radius 1 is 1.37 bits per heavy atom. The smallest absolute Gasteiger partial charge is 0.268 e. The van der Waals surface area contributed by atoms with Gasteiger partial charge in [-0.05, 0) is 37.2 Å². The number of halogens is 1. The molecule has 1 aliphatic rings. The number of benzene rings is 1. The first-order valence-electron chi connectivity index (χ1n) is 9.24. The summed E-state index contributed by atoms with van der Waals surface area (Å²) in [5.74, 6) is 0.0174. The lowest BCUT2D eigenvalue weighted by Crippen LogP contribution is -2.27. The lowest BCUT2D eigenvalue weighted by molar-refractivity contribution is -0.115. The number of aromatic nitrogens is 4. The first-order chi connectivity index (χ1) is 14.4. The molecular formula is C19H17ClN6O2S2. The second kappa shape index (κ2) is 7.38. The van der Waals surface area contributed by atoms with Crippen LogP contribution < -0.4 is 11.3 Å². The van der Waals surface area contributed by atoms with Gasteiger partial charge in [-0.2, -0.15) is 0 Å². The minimum atomic E-state index is -0.441. The fourth-order valence-electron chi connectivity index (χ4n) is 3.76. The number of thioether (sulfide) groups is 1. The van der Waals surface area contributed by atoms with Crippen LogP contribution in [0.5, 0.6) is 0 Å². The summed E-state index contributed by atoms with van der Waals surface area (Å²) in [6.45, 7) is 1.68. The summed E-state index contributed by atoms with van der Waals surface area (Å²) in [5, 5.41) is 10.3. The van der Waals surface area contributed by atoms with Gasteiger partial charge in [-0.1, -0.05) is 29.4 Å². The van der Waals surface area contributed by atoms with Crippen molar-refractivity contribution >= 4 is 56.6 Å². The van der Waals surface area contributed by atoms with Crippen molar-refractivity contribution in [2.75, 3.05) is 19.3 Å². The van der Waals surface area contributed by atoms with Gasteiger partial charge in [0.1, 0.15) is 4.83 Å². The van der Waals surface area contributed by atoms with Crippen LogP contribution >= 0.6 is 34.7 Å². The molecule has 8 nitrogen and oxygen atoms in total. The molecule has 0 radical (unpaired) electrons. The highest BCUT2D eigenvalue weighted by atomic mass is 35.5. The van der Waals surface area contributed by atoms with Gasteiger partial charge in [-0.15, -0.1) is 21.5 Å². The summed E-state index contributed by atoms with van der Waals surface area (Å²) in [4.78, 5) is 29.2. The number of likely N-dealkylation sites (N-methyl/N-ethyl adjacent to an activating group) is 1. The fourth-order valence-corrected chi connectivity index (χ4v) is 6.09. The highest BCUT2D eigenvalue weighted by Gasteiger charge is 2.26. The summed E-state index contributed by atoms with van der Waals surface area (Å²) in [6.07, 6.45) is 0.800. The van der Waals surface area contributed by atoms with E-state index in [0.717, 1.165) is 29.9 Å². The van der Waals surface area contributed by atoms with Crippen molar-refractivity contribution in [2.45, 2.75) is 18.1 Å². The van der Waals surface area contributed by atoms with Gasteiger partial charge in [0.05, 0.1) is 16.8 Å². The zero-order valence-corrected chi connectivity index (χ0v) is 18.4. The molecule has 5 rings (SSSR count). The SMILES string of the molecule is CN1CCc2c(sc3c2c(=O)n(-c2cccc(Cl)c2)c2nnc(SCC(N)=O)n32)C1. The molecule has 0 saturated carbocycles. The molecule has 11 heteroatoms. The first-order valence-corrected chi connectivity index (χ1v) is 11.4. The van der Waals surface area contributed by atoms with Crippen LogP contribution in [0.2, 0.25) is 5.02 Å². The van der Waals surface area contributed by atoms with Gasteiger partial charge in [0.15, 0.2) is 5.16 Å². The predicted octanol–water partition coefficient (Wildman–Crippen LogP) is 2.31. The minimum absolute atomic E-state index is 0.0758. The molecule has 154 valence electrons. The highest BCUT2D eigenvalue weighted by molar-refractivity contribution is 7.99. The third-order valence-electron chi connectivity index (χ3n) is 5.08. The third kappa shape index (κ3) is 3.11. The standard InChI is InChI=1S/C19H17ClN6O2S2/c1-24-6-5-12-13(8-24)30-17-15(12)16(28)25(11-4-2-3-10(20)7-11)18-22-23-19(26(17)18)29-9-14(21)27/h2-4,7H,5-6,8-9H2,1H3,(H2,21,27). The molecule has 3 aromatic heterocycles. The summed E-state index contributed by atoms with van der Waals surface area (Å²) < 4.78 is 3.40. The molecule has 1 aliphatic heterocycles. The van der Waals surface area contributed by atoms with Gasteiger partial charge < -0.3 is 10.6 Å². The van der Waals surface area contributed by atoms with Gasteiger partial charge in [0.25, 0.3) is 5.56 Å². The second-order valence-corrected chi connectivity index (χ2v) is 9.63. The van der Waals surface area contributed by atoms with E-state index in [-0.39, 0.29) is 11.3 Å². The van der Waals surface area contributed by atoms with Crippen molar-refractivity contribution in [3.63, 3.8) is 0 Å². The molecule has 2 N–H and O–H groups in total. The topological polar surface area (TPSA) is 98.5 Å². The number of hydrogen-bond acceptors (Lipinski definition) is 7. The van der Waals surface area contributed by atoms with Crippen LogP contribution in [-0.2, 0) is 17.8 Å². The van der Waals surface area contributed by atoms with Crippen molar-refractivity contribution in [1.29, 1.82) is 0 Å².